The average Bonchev–Trinajstić information content (AvgIpc) is 3.61. The fourth-order valence-corrected chi connectivity index (χ4v) is 10.0. The zero-order valence-electron chi connectivity index (χ0n) is 25.3. The van der Waals surface area contributed by atoms with Crippen LogP contribution in [0.1, 0.15) is 32.8 Å². The molecule has 0 aromatic heterocycles. The predicted molar refractivity (Wildman–Crippen MR) is 173 cm³/mol. The molecule has 7 atom stereocenters. The van der Waals surface area contributed by atoms with Gasteiger partial charge >= 0.3 is 0 Å². The molecule has 2 aromatic rings. The monoisotopic (exact) mass is 601 g/mol. The predicted octanol–water partition coefficient (Wildman–Crippen LogP) is 4.57. The van der Waals surface area contributed by atoms with Crippen LogP contribution in [0.2, 0.25) is 0 Å². The Kier molecular flexibility index (Phi) is 9.18. The van der Waals surface area contributed by atoms with E-state index >= 15 is 0 Å². The van der Waals surface area contributed by atoms with Crippen molar-refractivity contribution in [2.45, 2.75) is 61.7 Å². The number of hydrogen-bond donors (Lipinski definition) is 1. The Morgan fingerprint density at radius 2 is 1.67 bits per heavy atom. The number of anilines is 1. The fourth-order valence-electron chi connectivity index (χ4n) is 7.64. The van der Waals surface area contributed by atoms with E-state index in [0.29, 0.717) is 19.5 Å². The average molecular weight is 602 g/mol. The number of nitrogens with zero attached hydrogens (tertiary/aromatic N) is 3. The molecule has 0 radical (unpaired) electrons. The molecule has 43 heavy (non-hydrogen) atoms. The second-order valence-electron chi connectivity index (χ2n) is 12.3. The summed E-state index contributed by atoms with van der Waals surface area (Å²) in [7, 11) is 0. The molecule has 3 saturated heterocycles. The highest BCUT2D eigenvalue weighted by molar-refractivity contribution is 8.02. The number of hydrogen-bond acceptors (Lipinski definition) is 5. The van der Waals surface area contributed by atoms with Crippen LogP contribution in [0.25, 0.3) is 0 Å². The number of fused-ring (bicyclic) bond motifs is 1. The molecule has 1 spiro atoms. The molecular weight excluding hydrogens is 558 g/mol. The van der Waals surface area contributed by atoms with Crippen molar-refractivity contribution in [3.63, 3.8) is 0 Å². The van der Waals surface area contributed by atoms with Crippen molar-refractivity contribution < 1.29 is 19.5 Å². The molecule has 0 aliphatic carbocycles. The highest BCUT2D eigenvalue weighted by Crippen LogP contribution is 2.69. The topological polar surface area (TPSA) is 81.2 Å². The maximum absolute atomic E-state index is 14.8. The summed E-state index contributed by atoms with van der Waals surface area (Å²) in [6.45, 7) is 14.2. The van der Waals surface area contributed by atoms with Crippen molar-refractivity contribution in [1.29, 1.82) is 0 Å². The van der Waals surface area contributed by atoms with Gasteiger partial charge in [0.2, 0.25) is 17.7 Å². The van der Waals surface area contributed by atoms with Crippen LogP contribution < -0.4 is 4.90 Å². The normalized spacial score (nSPS) is 28.1. The summed E-state index contributed by atoms with van der Waals surface area (Å²) in [4.78, 5) is 49.2. The maximum atomic E-state index is 14.8. The molecule has 3 aliphatic heterocycles. The number of aliphatic hydroxyl groups excluding tert-OH is 1. The van der Waals surface area contributed by atoms with Gasteiger partial charge in [0.1, 0.15) is 6.04 Å². The largest absolute Gasteiger partial charge is 0.394 e. The number of carbonyl (C=O) groups is 3. The van der Waals surface area contributed by atoms with Crippen LogP contribution in [-0.4, -0.2) is 80.4 Å². The molecule has 3 aliphatic rings. The minimum absolute atomic E-state index is 0.0258. The molecule has 3 unspecified atom stereocenters. The number of aliphatic hydroxyl groups is 1. The van der Waals surface area contributed by atoms with E-state index in [0.717, 1.165) is 17.7 Å². The number of carbonyl (C=O) groups excluding carboxylic acids is 3. The van der Waals surface area contributed by atoms with Crippen molar-refractivity contribution >= 4 is 35.2 Å². The SMILES string of the molecule is C=CCN(C(=O)[C@@H]1[C@H]2C(=O)N([C@@H](CO)Cc3ccccc3)C(C(=O)N(CC=C)C(C)C)C23S[C@@H]1CC3C)c1ccccc1. The number of rotatable bonds is 12. The van der Waals surface area contributed by atoms with Gasteiger partial charge in [-0.3, -0.25) is 14.4 Å². The highest BCUT2D eigenvalue weighted by Gasteiger charge is 2.77. The zero-order chi connectivity index (χ0) is 30.9. The van der Waals surface area contributed by atoms with Crippen LogP contribution in [0.15, 0.2) is 86.0 Å². The maximum Gasteiger partial charge on any atom is 0.247 e. The Labute approximate surface area is 259 Å². The molecule has 3 heterocycles. The number of amides is 3. The van der Waals surface area contributed by atoms with Crippen molar-refractivity contribution in [2.75, 3.05) is 24.6 Å². The number of likely N-dealkylation sites (tertiary alicyclic amines) is 1. The molecule has 5 rings (SSSR count). The molecule has 3 fully saturated rings. The first-order valence-electron chi connectivity index (χ1n) is 15.2. The van der Waals surface area contributed by atoms with Crippen LogP contribution in [0.5, 0.6) is 0 Å². The van der Waals surface area contributed by atoms with Crippen LogP contribution in [0, 0.1) is 17.8 Å². The van der Waals surface area contributed by atoms with Crippen LogP contribution in [0.3, 0.4) is 0 Å². The summed E-state index contributed by atoms with van der Waals surface area (Å²) >= 11 is 1.66. The Morgan fingerprint density at radius 1 is 1.05 bits per heavy atom. The van der Waals surface area contributed by atoms with Gasteiger partial charge in [0.25, 0.3) is 0 Å². The summed E-state index contributed by atoms with van der Waals surface area (Å²) in [6.07, 6.45) is 4.57. The van der Waals surface area contributed by atoms with Gasteiger partial charge in [-0.15, -0.1) is 24.9 Å². The molecule has 3 amide bonds. The lowest BCUT2D eigenvalue weighted by Crippen LogP contribution is -2.60. The smallest absolute Gasteiger partial charge is 0.247 e. The third-order valence-electron chi connectivity index (χ3n) is 9.50. The molecule has 1 N–H and O–H groups in total. The first kappa shape index (κ1) is 31.1. The quantitative estimate of drug-likeness (QED) is 0.361. The lowest BCUT2D eigenvalue weighted by Gasteiger charge is -2.43. The standard InChI is InChI=1S/C35H43N3O4S/c1-6-18-36(23(3)4)34(42)31-35-24(5)20-28(43-35)29(32(40)37(19-7-2)26-16-12-9-13-17-26)30(35)33(41)38(31)27(22-39)21-25-14-10-8-11-15-25/h6-17,23-24,27-31,39H,1-2,18-22H2,3-5H3/t24?,27-,28-,29+,30+,31?,35?/m1/s1. The second-order valence-corrected chi connectivity index (χ2v) is 13.8. The van der Waals surface area contributed by atoms with Gasteiger partial charge in [0.15, 0.2) is 0 Å². The summed E-state index contributed by atoms with van der Waals surface area (Å²) < 4.78 is -0.784. The van der Waals surface area contributed by atoms with E-state index in [-0.39, 0.29) is 41.5 Å². The molecule has 0 saturated carbocycles. The Hall–Kier alpha value is -3.36. The van der Waals surface area contributed by atoms with E-state index in [1.807, 2.05) is 74.5 Å². The lowest BCUT2D eigenvalue weighted by molar-refractivity contribution is -0.146. The van der Waals surface area contributed by atoms with Crippen molar-refractivity contribution in [2.24, 2.45) is 17.8 Å². The summed E-state index contributed by atoms with van der Waals surface area (Å²) in [5, 5.41) is 10.7. The van der Waals surface area contributed by atoms with Gasteiger partial charge in [-0.05, 0) is 50.3 Å². The molecule has 7 nitrogen and oxygen atoms in total. The van der Waals surface area contributed by atoms with E-state index in [9.17, 15) is 19.5 Å². The van der Waals surface area contributed by atoms with E-state index in [1.54, 1.807) is 38.6 Å². The third-order valence-corrected chi connectivity index (χ3v) is 11.6. The van der Waals surface area contributed by atoms with Gasteiger partial charge in [0.05, 0.1) is 29.2 Å². The summed E-state index contributed by atoms with van der Waals surface area (Å²) in [5.74, 6) is -1.70. The molecule has 228 valence electrons. The summed E-state index contributed by atoms with van der Waals surface area (Å²) in [5.41, 5.74) is 1.73. The molecular formula is C35H43N3O4S. The van der Waals surface area contributed by atoms with Gasteiger partial charge < -0.3 is 19.8 Å². The molecule has 2 aromatic carbocycles. The number of para-hydroxylation sites is 1. The first-order chi connectivity index (χ1) is 20.7. The highest BCUT2D eigenvalue weighted by atomic mass is 32.2. The zero-order valence-corrected chi connectivity index (χ0v) is 26.2. The van der Waals surface area contributed by atoms with E-state index < -0.39 is 28.7 Å². The van der Waals surface area contributed by atoms with Crippen molar-refractivity contribution in [3.8, 4) is 0 Å². The van der Waals surface area contributed by atoms with Gasteiger partial charge in [0, 0.05) is 30.1 Å². The first-order valence-corrected chi connectivity index (χ1v) is 16.1. The van der Waals surface area contributed by atoms with Crippen LogP contribution >= 0.6 is 11.8 Å². The number of benzene rings is 2. The minimum atomic E-state index is -0.805. The Bertz CT molecular complexity index is 1350. The van der Waals surface area contributed by atoms with Crippen LogP contribution in [0.4, 0.5) is 5.69 Å². The third kappa shape index (κ3) is 5.22. The Morgan fingerprint density at radius 3 is 2.26 bits per heavy atom. The minimum Gasteiger partial charge on any atom is -0.394 e. The van der Waals surface area contributed by atoms with Gasteiger partial charge in [-0.1, -0.05) is 67.6 Å². The van der Waals surface area contributed by atoms with Crippen molar-refractivity contribution in [1.82, 2.24) is 9.80 Å². The van der Waals surface area contributed by atoms with Gasteiger partial charge in [-0.2, -0.15) is 0 Å². The summed E-state index contributed by atoms with van der Waals surface area (Å²) in [6, 6.07) is 17.7. The van der Waals surface area contributed by atoms with E-state index in [2.05, 4.69) is 20.1 Å². The molecule has 2 bridgehead atoms. The number of thioether (sulfide) groups is 1. The van der Waals surface area contributed by atoms with Crippen LogP contribution in [-0.2, 0) is 20.8 Å². The van der Waals surface area contributed by atoms with Crippen molar-refractivity contribution in [3.05, 3.63) is 91.5 Å². The second kappa shape index (κ2) is 12.7. The van der Waals surface area contributed by atoms with E-state index in [1.165, 1.54) is 0 Å². The van der Waals surface area contributed by atoms with Gasteiger partial charge in [-0.25, -0.2) is 0 Å². The molecule has 8 heteroatoms. The fraction of sp³-hybridized carbons (Fsp3) is 0.457. The van der Waals surface area contributed by atoms with E-state index in [4.69, 9.17) is 0 Å². The lowest BCUT2D eigenvalue weighted by atomic mass is 9.65. The Balaban J connectivity index is 1.62.